The Morgan fingerprint density at radius 1 is 1.36 bits per heavy atom. The Morgan fingerprint density at radius 2 is 2.07 bits per heavy atom. The summed E-state index contributed by atoms with van der Waals surface area (Å²) in [5.41, 5.74) is 0. The standard InChI is InChI=1S/C9H16N2O3/c1-3-8(12)10-5-4-9(13)11-6-7-14-2/h3H,1,4-7H2,2H3,(H,10,12)(H,11,13). The summed E-state index contributed by atoms with van der Waals surface area (Å²) in [7, 11) is 1.57. The molecule has 0 saturated carbocycles. The molecule has 0 radical (unpaired) electrons. The third kappa shape index (κ3) is 7.30. The van der Waals surface area contributed by atoms with Crippen molar-refractivity contribution in [2.75, 3.05) is 26.8 Å². The lowest BCUT2D eigenvalue weighted by molar-refractivity contribution is -0.121. The molecule has 0 heterocycles. The molecule has 80 valence electrons. The van der Waals surface area contributed by atoms with E-state index in [0.717, 1.165) is 0 Å². The largest absolute Gasteiger partial charge is 0.383 e. The molecule has 5 heteroatoms. The van der Waals surface area contributed by atoms with Crippen molar-refractivity contribution >= 4 is 11.8 Å². The summed E-state index contributed by atoms with van der Waals surface area (Å²) in [6.45, 7) is 4.59. The van der Waals surface area contributed by atoms with Gasteiger partial charge in [0.2, 0.25) is 11.8 Å². The number of rotatable bonds is 7. The van der Waals surface area contributed by atoms with Crippen LogP contribution in [0.5, 0.6) is 0 Å². The normalized spacial score (nSPS) is 9.21. The molecule has 0 fully saturated rings. The van der Waals surface area contributed by atoms with Crippen LogP contribution in [0.3, 0.4) is 0 Å². The monoisotopic (exact) mass is 200 g/mol. The predicted octanol–water partition coefficient (Wildman–Crippen LogP) is -0.559. The second-order valence-electron chi connectivity index (χ2n) is 2.59. The van der Waals surface area contributed by atoms with Crippen molar-refractivity contribution in [1.82, 2.24) is 10.6 Å². The predicted molar refractivity (Wildman–Crippen MR) is 52.7 cm³/mol. The van der Waals surface area contributed by atoms with Crippen molar-refractivity contribution in [3.05, 3.63) is 12.7 Å². The number of carbonyl (C=O) groups is 2. The van der Waals surface area contributed by atoms with Crippen molar-refractivity contribution < 1.29 is 14.3 Å². The molecule has 0 aromatic rings. The van der Waals surface area contributed by atoms with Crippen molar-refractivity contribution in [1.29, 1.82) is 0 Å². The number of hydrogen-bond acceptors (Lipinski definition) is 3. The third-order valence-corrected chi connectivity index (χ3v) is 1.47. The summed E-state index contributed by atoms with van der Waals surface area (Å²) >= 11 is 0. The molecule has 5 nitrogen and oxygen atoms in total. The first-order valence-electron chi connectivity index (χ1n) is 4.36. The number of nitrogens with one attached hydrogen (secondary N) is 2. The van der Waals surface area contributed by atoms with Gasteiger partial charge < -0.3 is 15.4 Å². The van der Waals surface area contributed by atoms with Gasteiger partial charge in [0, 0.05) is 26.6 Å². The second kappa shape index (κ2) is 8.25. The Balaban J connectivity index is 3.35. The van der Waals surface area contributed by atoms with E-state index in [4.69, 9.17) is 4.74 Å². The van der Waals surface area contributed by atoms with Gasteiger partial charge in [-0.1, -0.05) is 6.58 Å². The number of carbonyl (C=O) groups excluding carboxylic acids is 2. The van der Waals surface area contributed by atoms with Crippen LogP contribution in [0.25, 0.3) is 0 Å². The van der Waals surface area contributed by atoms with Crippen LogP contribution in [0.1, 0.15) is 6.42 Å². The van der Waals surface area contributed by atoms with Crippen LogP contribution in [0.2, 0.25) is 0 Å². The van der Waals surface area contributed by atoms with Gasteiger partial charge in [-0.2, -0.15) is 0 Å². The summed E-state index contributed by atoms with van der Waals surface area (Å²) in [5.74, 6) is -0.374. The fraction of sp³-hybridized carbons (Fsp3) is 0.556. The maximum atomic E-state index is 11.0. The maximum Gasteiger partial charge on any atom is 0.243 e. The van der Waals surface area contributed by atoms with Gasteiger partial charge in [0.15, 0.2) is 0 Å². The maximum absolute atomic E-state index is 11.0. The number of amides is 2. The molecule has 14 heavy (non-hydrogen) atoms. The second-order valence-corrected chi connectivity index (χ2v) is 2.59. The van der Waals surface area contributed by atoms with Gasteiger partial charge in [-0.05, 0) is 6.08 Å². The zero-order chi connectivity index (χ0) is 10.8. The number of hydrogen-bond donors (Lipinski definition) is 2. The van der Waals surface area contributed by atoms with E-state index in [0.29, 0.717) is 19.7 Å². The minimum atomic E-state index is -0.269. The summed E-state index contributed by atoms with van der Waals surface area (Å²) in [6.07, 6.45) is 1.44. The van der Waals surface area contributed by atoms with E-state index in [-0.39, 0.29) is 18.2 Å². The van der Waals surface area contributed by atoms with Crippen LogP contribution < -0.4 is 10.6 Å². The van der Waals surface area contributed by atoms with Crippen LogP contribution in [-0.4, -0.2) is 38.6 Å². The highest BCUT2D eigenvalue weighted by Crippen LogP contribution is 1.78. The summed E-state index contributed by atoms with van der Waals surface area (Å²) in [5, 5.41) is 5.14. The Bertz CT molecular complexity index is 204. The lowest BCUT2D eigenvalue weighted by Gasteiger charge is -2.04. The smallest absolute Gasteiger partial charge is 0.243 e. The molecule has 0 aliphatic carbocycles. The molecule has 0 aliphatic heterocycles. The molecule has 2 amide bonds. The fourth-order valence-corrected chi connectivity index (χ4v) is 0.752. The van der Waals surface area contributed by atoms with Crippen molar-refractivity contribution in [3.63, 3.8) is 0 Å². The average Bonchev–Trinajstić information content (AvgIpc) is 2.18. The van der Waals surface area contributed by atoms with Gasteiger partial charge in [-0.25, -0.2) is 0 Å². The molecule has 0 aromatic carbocycles. The molecule has 2 N–H and O–H groups in total. The molecule has 0 aliphatic rings. The molecule has 0 bridgehead atoms. The minimum absolute atomic E-state index is 0.105. The molecule has 0 aromatic heterocycles. The Morgan fingerprint density at radius 3 is 2.64 bits per heavy atom. The molecular formula is C9H16N2O3. The summed E-state index contributed by atoms with van der Waals surface area (Å²) in [6, 6.07) is 0. The van der Waals surface area contributed by atoms with E-state index in [1.807, 2.05) is 0 Å². The van der Waals surface area contributed by atoms with Crippen LogP contribution >= 0.6 is 0 Å². The lowest BCUT2D eigenvalue weighted by atomic mass is 10.4. The average molecular weight is 200 g/mol. The van der Waals surface area contributed by atoms with E-state index >= 15 is 0 Å². The first-order valence-corrected chi connectivity index (χ1v) is 4.36. The van der Waals surface area contributed by atoms with Gasteiger partial charge in [0.05, 0.1) is 6.61 Å². The van der Waals surface area contributed by atoms with Gasteiger partial charge in [0.25, 0.3) is 0 Å². The van der Waals surface area contributed by atoms with Crippen molar-refractivity contribution in [2.24, 2.45) is 0 Å². The Hall–Kier alpha value is -1.36. The van der Waals surface area contributed by atoms with Crippen LogP contribution in [-0.2, 0) is 14.3 Å². The van der Waals surface area contributed by atoms with Gasteiger partial charge in [0.1, 0.15) is 0 Å². The fourth-order valence-electron chi connectivity index (χ4n) is 0.752. The van der Waals surface area contributed by atoms with E-state index in [2.05, 4.69) is 17.2 Å². The van der Waals surface area contributed by atoms with Crippen molar-refractivity contribution in [3.8, 4) is 0 Å². The van der Waals surface area contributed by atoms with Gasteiger partial charge >= 0.3 is 0 Å². The highest BCUT2D eigenvalue weighted by Gasteiger charge is 2.00. The van der Waals surface area contributed by atoms with Gasteiger partial charge in [-0.3, -0.25) is 9.59 Å². The summed E-state index contributed by atoms with van der Waals surface area (Å²) < 4.78 is 4.75. The van der Waals surface area contributed by atoms with E-state index in [1.54, 1.807) is 7.11 Å². The molecule has 0 atom stereocenters. The molecular weight excluding hydrogens is 184 g/mol. The third-order valence-electron chi connectivity index (χ3n) is 1.47. The molecule has 0 saturated heterocycles. The molecule has 0 rings (SSSR count). The zero-order valence-electron chi connectivity index (χ0n) is 8.34. The van der Waals surface area contributed by atoms with Gasteiger partial charge in [-0.15, -0.1) is 0 Å². The SMILES string of the molecule is C=CC(=O)NCCC(=O)NCCOC. The number of methoxy groups -OCH3 is 1. The van der Waals surface area contributed by atoms with Crippen molar-refractivity contribution in [2.45, 2.75) is 6.42 Å². The molecule has 0 unspecified atom stereocenters. The van der Waals surface area contributed by atoms with Crippen LogP contribution in [0, 0.1) is 0 Å². The summed E-state index contributed by atoms with van der Waals surface area (Å²) in [4.78, 5) is 21.7. The van der Waals surface area contributed by atoms with E-state index in [9.17, 15) is 9.59 Å². The first-order chi connectivity index (χ1) is 6.70. The molecule has 0 spiro atoms. The van der Waals surface area contributed by atoms with Crippen LogP contribution in [0.4, 0.5) is 0 Å². The topological polar surface area (TPSA) is 67.4 Å². The van der Waals surface area contributed by atoms with E-state index < -0.39 is 0 Å². The number of ether oxygens (including phenoxy) is 1. The zero-order valence-corrected chi connectivity index (χ0v) is 8.34. The quantitative estimate of drug-likeness (QED) is 0.427. The minimum Gasteiger partial charge on any atom is -0.383 e. The highest BCUT2D eigenvalue weighted by atomic mass is 16.5. The first kappa shape index (κ1) is 12.6. The Kier molecular flexibility index (Phi) is 7.45. The van der Waals surface area contributed by atoms with E-state index in [1.165, 1.54) is 6.08 Å². The highest BCUT2D eigenvalue weighted by molar-refractivity contribution is 5.87. The Labute approximate surface area is 83.5 Å². The van der Waals surface area contributed by atoms with Crippen LogP contribution in [0.15, 0.2) is 12.7 Å². The lowest BCUT2D eigenvalue weighted by Crippen LogP contribution is -2.31.